The highest BCUT2D eigenvalue weighted by Crippen LogP contribution is 2.25. The van der Waals surface area contributed by atoms with Crippen molar-refractivity contribution in [2.24, 2.45) is 0 Å². The van der Waals surface area contributed by atoms with E-state index in [2.05, 4.69) is 23.4 Å². The lowest BCUT2D eigenvalue weighted by Crippen LogP contribution is -2.08. The van der Waals surface area contributed by atoms with Crippen LogP contribution < -0.4 is 0 Å². The fraction of sp³-hybridized carbons (Fsp3) is 0.100. The molecule has 0 fully saturated rings. The minimum atomic E-state index is -4.40. The van der Waals surface area contributed by atoms with Gasteiger partial charge in [0.25, 0.3) is 0 Å². The van der Waals surface area contributed by atoms with Gasteiger partial charge in [-0.3, -0.25) is 5.10 Å². The van der Waals surface area contributed by atoms with Crippen molar-refractivity contribution in [3.8, 4) is 0 Å². The van der Waals surface area contributed by atoms with Gasteiger partial charge in [0, 0.05) is 17.3 Å². The molecule has 0 unspecified atom stereocenters. The summed E-state index contributed by atoms with van der Waals surface area (Å²) in [5.41, 5.74) is 0.169. The summed E-state index contributed by atoms with van der Waals surface area (Å²) in [6.07, 6.45) is 0.759. The summed E-state index contributed by atoms with van der Waals surface area (Å²) in [7, 11) is 0. The lowest BCUT2D eigenvalue weighted by Gasteiger charge is -2.04. The maximum absolute atomic E-state index is 12.0. The second-order valence-electron chi connectivity index (χ2n) is 2.87. The highest BCUT2D eigenvalue weighted by molar-refractivity contribution is 5.71. The molecule has 5 heteroatoms. The van der Waals surface area contributed by atoms with Crippen molar-refractivity contribution < 1.29 is 13.2 Å². The van der Waals surface area contributed by atoms with Gasteiger partial charge in [0.2, 0.25) is 0 Å². The molecular weight excluding hydrogens is 205 g/mol. The van der Waals surface area contributed by atoms with Crippen LogP contribution in [-0.2, 0) is 0 Å². The van der Waals surface area contributed by atoms with E-state index in [9.17, 15) is 13.2 Å². The summed E-state index contributed by atoms with van der Waals surface area (Å²) in [6.45, 7) is 6.50. The molecule has 15 heavy (non-hydrogen) atoms. The Kier molecular flexibility index (Phi) is 3.14. The molecule has 1 heterocycles. The Morgan fingerprint density at radius 1 is 1.33 bits per heavy atom. The molecule has 2 nitrogen and oxygen atoms in total. The Balaban J connectivity index is 2.68. The van der Waals surface area contributed by atoms with Crippen molar-refractivity contribution >= 4 is 5.57 Å². The minimum absolute atomic E-state index is 0.439. The van der Waals surface area contributed by atoms with Gasteiger partial charge in [0.15, 0.2) is 0 Å². The van der Waals surface area contributed by atoms with Crippen LogP contribution in [0.25, 0.3) is 5.57 Å². The highest BCUT2D eigenvalue weighted by atomic mass is 19.4. The van der Waals surface area contributed by atoms with E-state index >= 15 is 0 Å². The van der Waals surface area contributed by atoms with E-state index in [1.165, 1.54) is 12.3 Å². The zero-order chi connectivity index (χ0) is 11.5. The summed E-state index contributed by atoms with van der Waals surface area (Å²) in [5.74, 6) is 0. The predicted molar refractivity (Wildman–Crippen MR) is 52.0 cm³/mol. The van der Waals surface area contributed by atoms with E-state index in [-0.39, 0.29) is 0 Å². The third-order valence-corrected chi connectivity index (χ3v) is 1.72. The quantitative estimate of drug-likeness (QED) is 0.769. The van der Waals surface area contributed by atoms with Crippen LogP contribution >= 0.6 is 0 Å². The van der Waals surface area contributed by atoms with Crippen LogP contribution in [0, 0.1) is 0 Å². The number of H-pyrrole nitrogens is 1. The molecule has 0 saturated heterocycles. The molecule has 1 aromatic heterocycles. The SMILES string of the molecule is C=C(/C=C\C(=C)C(F)(F)F)c1cn[nH]c1. The Morgan fingerprint density at radius 2 is 2.00 bits per heavy atom. The van der Waals surface area contributed by atoms with Crippen LogP contribution in [0.4, 0.5) is 13.2 Å². The van der Waals surface area contributed by atoms with Gasteiger partial charge in [-0.15, -0.1) is 0 Å². The van der Waals surface area contributed by atoms with Gasteiger partial charge in [0.1, 0.15) is 0 Å². The van der Waals surface area contributed by atoms with Crippen molar-refractivity contribution in [3.05, 3.63) is 48.8 Å². The smallest absolute Gasteiger partial charge is 0.285 e. The highest BCUT2D eigenvalue weighted by Gasteiger charge is 2.29. The zero-order valence-electron chi connectivity index (χ0n) is 7.80. The first-order valence-corrected chi connectivity index (χ1v) is 4.03. The molecule has 80 valence electrons. The van der Waals surface area contributed by atoms with Gasteiger partial charge < -0.3 is 0 Å². The van der Waals surface area contributed by atoms with Crippen molar-refractivity contribution in [1.82, 2.24) is 10.2 Å². The molecule has 1 N–H and O–H groups in total. The number of hydrogen-bond donors (Lipinski definition) is 1. The van der Waals surface area contributed by atoms with Gasteiger partial charge in [-0.1, -0.05) is 25.3 Å². The van der Waals surface area contributed by atoms with E-state index < -0.39 is 11.7 Å². The van der Waals surface area contributed by atoms with Crippen molar-refractivity contribution in [3.63, 3.8) is 0 Å². The maximum atomic E-state index is 12.0. The van der Waals surface area contributed by atoms with Gasteiger partial charge in [-0.05, 0) is 5.57 Å². The standard InChI is InChI=1S/C10H9F3N2/c1-7(9-5-14-15-6-9)3-4-8(2)10(11,12)13/h3-6H,1-2H2,(H,14,15)/b4-3-. The summed E-state index contributed by atoms with van der Waals surface area (Å²) < 4.78 is 36.1. The van der Waals surface area contributed by atoms with E-state index in [0.29, 0.717) is 11.1 Å². The van der Waals surface area contributed by atoms with E-state index in [0.717, 1.165) is 6.08 Å². The molecule has 1 rings (SSSR count). The lowest BCUT2D eigenvalue weighted by molar-refractivity contribution is -0.0878. The number of aromatic amines is 1. The first kappa shape index (κ1) is 11.3. The number of alkyl halides is 3. The molecule has 0 amide bonds. The molecule has 1 aromatic rings. The molecule has 0 aromatic carbocycles. The first-order valence-electron chi connectivity index (χ1n) is 4.03. The Labute approximate surface area is 84.8 Å². The second kappa shape index (κ2) is 4.16. The van der Waals surface area contributed by atoms with E-state index in [4.69, 9.17) is 0 Å². The maximum Gasteiger partial charge on any atom is 0.415 e. The van der Waals surface area contributed by atoms with E-state index in [1.54, 1.807) is 6.20 Å². The number of aromatic nitrogens is 2. The minimum Gasteiger partial charge on any atom is -0.285 e. The topological polar surface area (TPSA) is 28.7 Å². The number of nitrogens with one attached hydrogen (secondary N) is 1. The number of hydrogen-bond acceptors (Lipinski definition) is 1. The Morgan fingerprint density at radius 3 is 2.47 bits per heavy atom. The molecule has 0 atom stereocenters. The molecule has 0 saturated carbocycles. The molecule has 0 bridgehead atoms. The second-order valence-corrected chi connectivity index (χ2v) is 2.87. The Bertz CT molecular complexity index is 385. The average Bonchev–Trinajstić information content (AvgIpc) is 2.64. The first-order chi connectivity index (χ1) is 6.91. The summed E-state index contributed by atoms with van der Waals surface area (Å²) in [6, 6.07) is 0. The number of allylic oxidation sites excluding steroid dienone is 4. The summed E-state index contributed by atoms with van der Waals surface area (Å²) in [5, 5.41) is 6.19. The van der Waals surface area contributed by atoms with Crippen LogP contribution in [0.3, 0.4) is 0 Å². The fourth-order valence-corrected chi connectivity index (χ4v) is 0.818. The predicted octanol–water partition coefficient (Wildman–Crippen LogP) is 3.10. The van der Waals surface area contributed by atoms with Gasteiger partial charge in [0.05, 0.1) is 6.20 Å². The number of halogens is 3. The monoisotopic (exact) mass is 214 g/mol. The summed E-state index contributed by atoms with van der Waals surface area (Å²) >= 11 is 0. The lowest BCUT2D eigenvalue weighted by atomic mass is 10.1. The molecule has 0 spiro atoms. The van der Waals surface area contributed by atoms with Crippen LogP contribution in [0.15, 0.2) is 43.3 Å². The van der Waals surface area contributed by atoms with Crippen LogP contribution in [0.1, 0.15) is 5.56 Å². The van der Waals surface area contributed by atoms with Gasteiger partial charge in [-0.25, -0.2) is 0 Å². The zero-order valence-corrected chi connectivity index (χ0v) is 7.80. The summed E-state index contributed by atoms with van der Waals surface area (Å²) in [4.78, 5) is 0. The number of rotatable bonds is 3. The van der Waals surface area contributed by atoms with Crippen molar-refractivity contribution in [2.45, 2.75) is 6.18 Å². The largest absolute Gasteiger partial charge is 0.415 e. The average molecular weight is 214 g/mol. The van der Waals surface area contributed by atoms with Crippen LogP contribution in [0.5, 0.6) is 0 Å². The number of nitrogens with zero attached hydrogens (tertiary/aromatic N) is 1. The molecule has 0 radical (unpaired) electrons. The van der Waals surface area contributed by atoms with Crippen molar-refractivity contribution in [1.29, 1.82) is 0 Å². The molecule has 0 aliphatic heterocycles. The fourth-order valence-electron chi connectivity index (χ4n) is 0.818. The van der Waals surface area contributed by atoms with Gasteiger partial charge in [-0.2, -0.15) is 18.3 Å². The Hall–Kier alpha value is -1.78. The van der Waals surface area contributed by atoms with E-state index in [1.807, 2.05) is 0 Å². The third kappa shape index (κ3) is 3.12. The van der Waals surface area contributed by atoms with Gasteiger partial charge >= 0.3 is 6.18 Å². The molecule has 0 aliphatic carbocycles. The third-order valence-electron chi connectivity index (χ3n) is 1.72. The van der Waals surface area contributed by atoms with Crippen LogP contribution in [-0.4, -0.2) is 16.4 Å². The normalized spacial score (nSPS) is 11.9. The van der Waals surface area contributed by atoms with Crippen LogP contribution in [0.2, 0.25) is 0 Å². The molecular formula is C10H9F3N2. The van der Waals surface area contributed by atoms with Crippen molar-refractivity contribution in [2.75, 3.05) is 0 Å². The molecule has 0 aliphatic rings.